The van der Waals surface area contributed by atoms with Crippen molar-refractivity contribution in [3.05, 3.63) is 30.6 Å². The number of nitrogens with zero attached hydrogens (tertiary/aromatic N) is 4. The lowest BCUT2D eigenvalue weighted by Crippen LogP contribution is -2.28. The van der Waals surface area contributed by atoms with Crippen molar-refractivity contribution in [2.75, 3.05) is 16.8 Å². The highest BCUT2D eigenvalue weighted by atomic mass is 16.2. The van der Waals surface area contributed by atoms with Crippen LogP contribution in [0.4, 0.5) is 11.8 Å². The number of fused-ring (bicyclic) bond motifs is 1. The zero-order valence-corrected chi connectivity index (χ0v) is 12.0. The molecule has 1 aliphatic heterocycles. The third-order valence-corrected chi connectivity index (χ3v) is 3.86. The van der Waals surface area contributed by atoms with Gasteiger partial charge in [-0.2, -0.15) is 15.2 Å². The van der Waals surface area contributed by atoms with Crippen molar-refractivity contribution >= 4 is 34.5 Å². The van der Waals surface area contributed by atoms with Crippen LogP contribution < -0.4 is 10.2 Å². The Morgan fingerprint density at radius 2 is 2.17 bits per heavy atom. The van der Waals surface area contributed by atoms with Crippen molar-refractivity contribution in [2.24, 2.45) is 5.92 Å². The van der Waals surface area contributed by atoms with Gasteiger partial charge in [-0.1, -0.05) is 12.1 Å². The van der Waals surface area contributed by atoms with Gasteiger partial charge >= 0.3 is 0 Å². The van der Waals surface area contributed by atoms with Crippen LogP contribution in [0.25, 0.3) is 10.9 Å². The minimum Gasteiger partial charge on any atom is -0.295 e. The molecule has 3 heterocycles. The van der Waals surface area contributed by atoms with Gasteiger partial charge in [0.2, 0.25) is 17.8 Å². The van der Waals surface area contributed by atoms with Crippen molar-refractivity contribution < 1.29 is 9.59 Å². The van der Waals surface area contributed by atoms with Crippen LogP contribution in [0.15, 0.2) is 30.6 Å². The van der Waals surface area contributed by atoms with Crippen molar-refractivity contribution in [3.63, 3.8) is 0 Å². The number of nitrogens with one attached hydrogen (secondary N) is 3. The van der Waals surface area contributed by atoms with E-state index in [-0.39, 0.29) is 30.7 Å². The molecule has 0 spiro atoms. The number of amides is 2. The van der Waals surface area contributed by atoms with Gasteiger partial charge in [0.1, 0.15) is 6.33 Å². The first kappa shape index (κ1) is 13.4. The molecule has 9 nitrogen and oxygen atoms in total. The Hall–Kier alpha value is -3.23. The van der Waals surface area contributed by atoms with E-state index >= 15 is 0 Å². The van der Waals surface area contributed by atoms with Gasteiger partial charge in [-0.15, -0.1) is 0 Å². The van der Waals surface area contributed by atoms with E-state index in [2.05, 4.69) is 30.7 Å². The molecule has 0 radical (unpaired) electrons. The lowest BCUT2D eigenvalue weighted by atomic mass is 10.1. The van der Waals surface area contributed by atoms with Gasteiger partial charge in [-0.25, -0.2) is 5.10 Å². The zero-order valence-electron chi connectivity index (χ0n) is 12.0. The van der Waals surface area contributed by atoms with Gasteiger partial charge in [0.15, 0.2) is 5.82 Å². The van der Waals surface area contributed by atoms with E-state index in [1.807, 2.05) is 24.3 Å². The van der Waals surface area contributed by atoms with Crippen molar-refractivity contribution in [3.8, 4) is 0 Å². The van der Waals surface area contributed by atoms with Crippen LogP contribution in [-0.4, -0.2) is 43.7 Å². The predicted octanol–water partition coefficient (Wildman–Crippen LogP) is 0.673. The molecule has 1 fully saturated rings. The average molecular weight is 311 g/mol. The zero-order chi connectivity index (χ0) is 15.8. The van der Waals surface area contributed by atoms with Crippen molar-refractivity contribution in [1.29, 1.82) is 0 Å². The number of rotatable bonds is 3. The maximum absolute atomic E-state index is 12.3. The normalized spacial score (nSPS) is 17.8. The summed E-state index contributed by atoms with van der Waals surface area (Å²) in [5.41, 5.74) is 0.852. The number of aromatic amines is 2. The summed E-state index contributed by atoms with van der Waals surface area (Å²) in [6.45, 7) is 0.285. The lowest BCUT2D eigenvalue weighted by Gasteiger charge is -2.13. The first-order chi connectivity index (χ1) is 11.2. The third kappa shape index (κ3) is 2.31. The van der Waals surface area contributed by atoms with Crippen LogP contribution in [-0.2, 0) is 9.59 Å². The molecule has 1 aromatic carbocycles. The second-order valence-electron chi connectivity index (χ2n) is 5.32. The molecule has 2 aromatic heterocycles. The fraction of sp³-hybridized carbons (Fsp3) is 0.214. The number of hydrogen-bond acceptors (Lipinski definition) is 5. The van der Waals surface area contributed by atoms with Gasteiger partial charge in [0.25, 0.3) is 0 Å². The third-order valence-electron chi connectivity index (χ3n) is 3.86. The van der Waals surface area contributed by atoms with E-state index in [1.165, 1.54) is 6.33 Å². The number of para-hydroxylation sites is 1. The summed E-state index contributed by atoms with van der Waals surface area (Å²) in [7, 11) is 0. The topological polar surface area (TPSA) is 120 Å². The first-order valence-electron chi connectivity index (χ1n) is 7.12. The summed E-state index contributed by atoms with van der Waals surface area (Å²) in [5, 5.41) is 16.8. The van der Waals surface area contributed by atoms with E-state index < -0.39 is 5.92 Å². The Balaban J connectivity index is 1.55. The number of hydrogen-bond donors (Lipinski definition) is 3. The molecule has 0 unspecified atom stereocenters. The number of carbonyl (C=O) groups excluding carboxylic acids is 2. The molecule has 3 N–H and O–H groups in total. The molecule has 23 heavy (non-hydrogen) atoms. The van der Waals surface area contributed by atoms with Crippen LogP contribution in [0.5, 0.6) is 0 Å². The fourth-order valence-corrected chi connectivity index (χ4v) is 2.73. The summed E-state index contributed by atoms with van der Waals surface area (Å²) >= 11 is 0. The molecule has 1 atom stereocenters. The fourth-order valence-electron chi connectivity index (χ4n) is 2.73. The Morgan fingerprint density at radius 3 is 3.00 bits per heavy atom. The van der Waals surface area contributed by atoms with Crippen LogP contribution in [0.3, 0.4) is 0 Å². The van der Waals surface area contributed by atoms with Gasteiger partial charge < -0.3 is 0 Å². The number of carbonyl (C=O) groups is 2. The highest BCUT2D eigenvalue weighted by Crippen LogP contribution is 2.29. The Labute approximate surface area is 130 Å². The molecule has 2 amide bonds. The molecule has 9 heteroatoms. The molecule has 4 rings (SSSR count). The van der Waals surface area contributed by atoms with E-state index in [0.717, 1.165) is 10.9 Å². The molecular weight excluding hydrogens is 298 g/mol. The molecule has 0 bridgehead atoms. The predicted molar refractivity (Wildman–Crippen MR) is 81.6 cm³/mol. The van der Waals surface area contributed by atoms with E-state index in [1.54, 1.807) is 4.90 Å². The van der Waals surface area contributed by atoms with Crippen LogP contribution in [0.2, 0.25) is 0 Å². The SMILES string of the molecule is O=C(Nc1ncn[nH]1)[C@H]1CC(=O)N(c2n[nH]c3ccccc23)C1. The van der Waals surface area contributed by atoms with E-state index in [4.69, 9.17) is 0 Å². The smallest absolute Gasteiger partial charge is 0.232 e. The second-order valence-corrected chi connectivity index (χ2v) is 5.32. The molecule has 0 saturated carbocycles. The van der Waals surface area contributed by atoms with Gasteiger partial charge in [0, 0.05) is 18.4 Å². The summed E-state index contributed by atoms with van der Waals surface area (Å²) in [6.07, 6.45) is 1.44. The minimum atomic E-state index is -0.455. The molecule has 116 valence electrons. The number of H-pyrrole nitrogens is 2. The number of aromatic nitrogens is 5. The highest BCUT2D eigenvalue weighted by molar-refractivity contribution is 6.06. The van der Waals surface area contributed by atoms with Crippen LogP contribution in [0, 0.1) is 5.92 Å². The molecule has 3 aromatic rings. The van der Waals surface area contributed by atoms with Crippen molar-refractivity contribution in [2.45, 2.75) is 6.42 Å². The van der Waals surface area contributed by atoms with Crippen LogP contribution >= 0.6 is 0 Å². The number of anilines is 2. The van der Waals surface area contributed by atoms with Gasteiger partial charge in [-0.3, -0.25) is 24.9 Å². The molecule has 1 aliphatic rings. The molecule has 1 saturated heterocycles. The summed E-state index contributed by atoms with van der Waals surface area (Å²) < 4.78 is 0. The Morgan fingerprint density at radius 1 is 1.30 bits per heavy atom. The quantitative estimate of drug-likeness (QED) is 0.657. The second kappa shape index (κ2) is 5.20. The van der Waals surface area contributed by atoms with Gasteiger partial charge in [0.05, 0.1) is 11.4 Å². The summed E-state index contributed by atoms with van der Waals surface area (Å²) in [5.74, 6) is -0.0211. The van der Waals surface area contributed by atoms with E-state index in [0.29, 0.717) is 5.82 Å². The lowest BCUT2D eigenvalue weighted by molar-refractivity contribution is -0.122. The number of benzene rings is 1. The van der Waals surface area contributed by atoms with Crippen LogP contribution in [0.1, 0.15) is 6.42 Å². The standard InChI is InChI=1S/C14H13N7O2/c22-11-5-8(13(23)17-14-15-7-16-20-14)6-21(11)12-9-3-1-2-4-10(9)18-19-12/h1-4,7-8H,5-6H2,(H,18,19)(H2,15,16,17,20,23)/t8-/m0/s1. The monoisotopic (exact) mass is 311 g/mol. The largest absolute Gasteiger partial charge is 0.295 e. The summed E-state index contributed by atoms with van der Waals surface area (Å²) in [6, 6.07) is 7.56. The summed E-state index contributed by atoms with van der Waals surface area (Å²) in [4.78, 5) is 29.9. The highest BCUT2D eigenvalue weighted by Gasteiger charge is 2.37. The Bertz CT molecular complexity index is 870. The van der Waals surface area contributed by atoms with Gasteiger partial charge in [-0.05, 0) is 12.1 Å². The maximum Gasteiger partial charge on any atom is 0.232 e. The average Bonchev–Trinajstić information content (AvgIpc) is 3.26. The molecule has 0 aliphatic carbocycles. The minimum absolute atomic E-state index is 0.125. The van der Waals surface area contributed by atoms with Crippen molar-refractivity contribution in [1.82, 2.24) is 25.4 Å². The first-order valence-corrected chi connectivity index (χ1v) is 7.12. The Kier molecular flexibility index (Phi) is 3.04. The molecular formula is C14H13N7O2. The van der Waals surface area contributed by atoms with E-state index in [9.17, 15) is 9.59 Å². The maximum atomic E-state index is 12.3.